The topological polar surface area (TPSA) is 294 Å². The Kier molecular flexibility index (Phi) is 34.9. The van der Waals surface area contributed by atoms with Crippen LogP contribution in [0.4, 0.5) is 0 Å². The highest BCUT2D eigenvalue weighted by Gasteiger charge is 2.57. The quantitative estimate of drug-likeness (QED) is 0.0272. The minimum Gasteiger partial charge on any atom is -0.477 e. The Labute approximate surface area is 424 Å². The molecule has 0 unspecified atom stereocenters. The van der Waals surface area contributed by atoms with Crippen molar-refractivity contribution in [1.82, 2.24) is 10.6 Å². The molecule has 2 heterocycles. The molecule has 0 aromatic rings. The number of aliphatic hydroxyl groups excluding tert-OH is 8. The summed E-state index contributed by atoms with van der Waals surface area (Å²) >= 11 is 0. The van der Waals surface area contributed by atoms with Crippen molar-refractivity contribution in [3.63, 3.8) is 0 Å². The van der Waals surface area contributed by atoms with Crippen molar-refractivity contribution in [3.05, 3.63) is 12.2 Å². The van der Waals surface area contributed by atoms with Crippen molar-refractivity contribution in [1.29, 1.82) is 0 Å². The Morgan fingerprint density at radius 2 is 1.20 bits per heavy atom. The number of nitrogens with one attached hydrogen (secondary N) is 2. The number of rotatable bonds is 42. The standard InChI is InChI=1S/C53H98N2O16/c1-4-6-8-10-12-14-16-18-19-21-23-25-27-29-31-33-44(61)55-39(40(58)32-30-28-26-24-22-20-17-15-13-11-9-7-5-2)36-68-51-49(65)48(64)47(63)43(70-51)37-69-53(52(66)67)34-41(59)45(54-38(3)57)50(71-53)46(62)42(60)35-56/h30,32,39-43,45-51,56,58-60,62-65H,4-29,31,33-37H2,1-3H3,(H,54,57)(H,55,61)(H,66,67)/b32-30+/t39-,40+,41-,42+,43+,45+,46+,47+,48-,49-,50+,51-,53+/m0/s1. The number of carbonyl (C=O) groups is 3. The lowest BCUT2D eigenvalue weighted by Gasteiger charge is -2.47. The highest BCUT2D eigenvalue weighted by atomic mass is 16.7. The summed E-state index contributed by atoms with van der Waals surface area (Å²) in [5.74, 6) is -5.57. The molecule has 0 radical (unpaired) electrons. The van der Waals surface area contributed by atoms with Gasteiger partial charge in [-0.3, -0.25) is 9.59 Å². The fourth-order valence-electron chi connectivity index (χ4n) is 9.34. The zero-order chi connectivity index (χ0) is 52.4. The number of carboxylic acids is 1. The smallest absolute Gasteiger partial charge is 0.364 e. The molecule has 13 atom stereocenters. The fraction of sp³-hybridized carbons (Fsp3) is 0.906. The molecule has 18 nitrogen and oxygen atoms in total. The van der Waals surface area contributed by atoms with Crippen LogP contribution in [0, 0.1) is 0 Å². The van der Waals surface area contributed by atoms with Crippen LogP contribution in [0.1, 0.15) is 207 Å². The molecule has 0 spiro atoms. The predicted molar refractivity (Wildman–Crippen MR) is 269 cm³/mol. The van der Waals surface area contributed by atoms with Crippen molar-refractivity contribution < 1.29 is 79.3 Å². The van der Waals surface area contributed by atoms with Gasteiger partial charge in [-0.25, -0.2) is 4.79 Å². The summed E-state index contributed by atoms with van der Waals surface area (Å²) in [5, 5.41) is 101. The first-order chi connectivity index (χ1) is 34.1. The molecule has 18 heteroatoms. The Balaban J connectivity index is 2.03. The molecule has 2 rings (SSSR count). The van der Waals surface area contributed by atoms with Crippen molar-refractivity contribution in [2.45, 2.75) is 286 Å². The summed E-state index contributed by atoms with van der Waals surface area (Å²) in [6.45, 7) is 3.32. The van der Waals surface area contributed by atoms with E-state index in [1.54, 1.807) is 6.08 Å². The van der Waals surface area contributed by atoms with Crippen LogP contribution in [0.3, 0.4) is 0 Å². The number of carboxylic acid groups (broad SMARTS) is 1. The second-order valence-electron chi connectivity index (χ2n) is 20.2. The third-order valence-corrected chi connectivity index (χ3v) is 13.8. The van der Waals surface area contributed by atoms with Crippen LogP contribution in [0.2, 0.25) is 0 Å². The summed E-state index contributed by atoms with van der Waals surface area (Å²) < 4.78 is 23.0. The highest BCUT2D eigenvalue weighted by molar-refractivity contribution is 5.77. The molecule has 0 aromatic heterocycles. The number of allylic oxidation sites excluding steroid dienone is 1. The summed E-state index contributed by atoms with van der Waals surface area (Å²) in [7, 11) is 0. The van der Waals surface area contributed by atoms with Crippen LogP contribution in [0.5, 0.6) is 0 Å². The first-order valence-electron chi connectivity index (χ1n) is 27.5. The maximum absolute atomic E-state index is 13.3. The maximum atomic E-state index is 13.3. The minimum absolute atomic E-state index is 0.224. The number of hydrogen-bond donors (Lipinski definition) is 11. The molecule has 0 aliphatic carbocycles. The molecule has 0 aromatic carbocycles. The van der Waals surface area contributed by atoms with E-state index >= 15 is 0 Å². The lowest BCUT2D eigenvalue weighted by molar-refractivity contribution is -0.339. The lowest BCUT2D eigenvalue weighted by atomic mass is 9.88. The van der Waals surface area contributed by atoms with Crippen molar-refractivity contribution in [2.24, 2.45) is 0 Å². The van der Waals surface area contributed by atoms with Gasteiger partial charge in [-0.2, -0.15) is 0 Å². The summed E-state index contributed by atoms with van der Waals surface area (Å²) in [4.78, 5) is 37.9. The van der Waals surface area contributed by atoms with Gasteiger partial charge in [0.25, 0.3) is 5.79 Å². The van der Waals surface area contributed by atoms with Crippen molar-refractivity contribution in [2.75, 3.05) is 19.8 Å². The Morgan fingerprint density at radius 3 is 1.68 bits per heavy atom. The summed E-state index contributed by atoms with van der Waals surface area (Å²) in [6.07, 6.45) is 17.2. The van der Waals surface area contributed by atoms with Gasteiger partial charge in [-0.1, -0.05) is 180 Å². The highest BCUT2D eigenvalue weighted by Crippen LogP contribution is 2.35. The van der Waals surface area contributed by atoms with E-state index in [9.17, 15) is 60.3 Å². The Bertz CT molecular complexity index is 1430. The van der Waals surface area contributed by atoms with E-state index < -0.39 is 117 Å². The molecule has 416 valence electrons. The van der Waals surface area contributed by atoms with Crippen molar-refractivity contribution in [3.8, 4) is 0 Å². The number of hydrogen-bond acceptors (Lipinski definition) is 15. The first-order valence-corrected chi connectivity index (χ1v) is 27.5. The Morgan fingerprint density at radius 1 is 0.704 bits per heavy atom. The van der Waals surface area contributed by atoms with Gasteiger partial charge in [0.15, 0.2) is 6.29 Å². The average Bonchev–Trinajstić information content (AvgIpc) is 3.34. The third-order valence-electron chi connectivity index (χ3n) is 13.8. The normalized spacial score (nSPS) is 26.5. The predicted octanol–water partition coefficient (Wildman–Crippen LogP) is 5.34. The molecule has 71 heavy (non-hydrogen) atoms. The molecule has 11 N–H and O–H groups in total. The molecule has 0 bridgehead atoms. The fourth-order valence-corrected chi connectivity index (χ4v) is 9.34. The molecule has 2 amide bonds. The van der Waals surface area contributed by atoms with Crippen LogP contribution < -0.4 is 10.6 Å². The molecule has 2 aliphatic rings. The van der Waals surface area contributed by atoms with E-state index in [1.807, 2.05) is 6.08 Å². The van der Waals surface area contributed by atoms with E-state index in [0.29, 0.717) is 6.42 Å². The number of aliphatic carboxylic acids is 1. The van der Waals surface area contributed by atoms with E-state index in [4.69, 9.17) is 18.9 Å². The molecular formula is C53H98N2O16. The largest absolute Gasteiger partial charge is 0.477 e. The van der Waals surface area contributed by atoms with Crippen LogP contribution in [0.15, 0.2) is 12.2 Å². The SMILES string of the molecule is CCCCCCCCCCCCC/C=C/[C@@H](O)[C@H](CO[C@H]1O[C@H](CO[C@]2(C(=O)O)C[C@H](O)[C@@H](NC(C)=O)[C@H]([C@H](O)[C@H](O)CO)O2)[C@@H](O)[C@H](O)[C@@H]1O)NC(=O)CCCCCCCCCCCCCCCCC. The first kappa shape index (κ1) is 64.8. The number of unbranched alkanes of at least 4 members (excludes halogenated alkanes) is 25. The van der Waals surface area contributed by atoms with Crippen LogP contribution in [-0.4, -0.2) is 163 Å². The molecule has 2 fully saturated rings. The van der Waals surface area contributed by atoms with Gasteiger partial charge in [0.1, 0.15) is 42.7 Å². The molecular weight excluding hydrogens is 921 g/mol. The van der Waals surface area contributed by atoms with E-state index in [1.165, 1.54) is 122 Å². The summed E-state index contributed by atoms with van der Waals surface area (Å²) in [5.41, 5.74) is 0. The van der Waals surface area contributed by atoms with Gasteiger partial charge in [-0.15, -0.1) is 0 Å². The number of ether oxygens (including phenoxy) is 4. The lowest BCUT2D eigenvalue weighted by Crippen LogP contribution is -2.68. The average molecular weight is 1020 g/mol. The summed E-state index contributed by atoms with van der Waals surface area (Å²) in [6, 6.07) is -2.46. The number of amides is 2. The number of carbonyl (C=O) groups excluding carboxylic acids is 2. The minimum atomic E-state index is -2.78. The number of aliphatic hydroxyl groups is 8. The maximum Gasteiger partial charge on any atom is 0.364 e. The second kappa shape index (κ2) is 38.3. The zero-order valence-corrected chi connectivity index (χ0v) is 43.6. The van der Waals surface area contributed by atoms with Crippen LogP contribution in [-0.2, 0) is 33.3 Å². The second-order valence-corrected chi connectivity index (χ2v) is 20.2. The monoisotopic (exact) mass is 1020 g/mol. The zero-order valence-electron chi connectivity index (χ0n) is 43.6. The van der Waals surface area contributed by atoms with Gasteiger partial charge < -0.3 is 75.5 Å². The van der Waals surface area contributed by atoms with Crippen LogP contribution >= 0.6 is 0 Å². The van der Waals surface area contributed by atoms with Gasteiger partial charge in [0, 0.05) is 19.8 Å². The van der Waals surface area contributed by atoms with E-state index in [-0.39, 0.29) is 12.3 Å². The van der Waals surface area contributed by atoms with E-state index in [2.05, 4.69) is 24.5 Å². The van der Waals surface area contributed by atoms with Gasteiger partial charge in [-0.05, 0) is 19.3 Å². The molecule has 2 aliphatic heterocycles. The van der Waals surface area contributed by atoms with Crippen LogP contribution in [0.25, 0.3) is 0 Å². The molecule has 2 saturated heterocycles. The van der Waals surface area contributed by atoms with Gasteiger partial charge in [0.05, 0.1) is 44.1 Å². The third kappa shape index (κ3) is 25.6. The van der Waals surface area contributed by atoms with Gasteiger partial charge >= 0.3 is 5.97 Å². The van der Waals surface area contributed by atoms with Crippen molar-refractivity contribution >= 4 is 17.8 Å². The van der Waals surface area contributed by atoms with E-state index in [0.717, 1.165) is 51.9 Å². The van der Waals surface area contributed by atoms with Gasteiger partial charge in [0.2, 0.25) is 11.8 Å². The molecule has 0 saturated carbocycles. The Hall–Kier alpha value is -2.33.